The second-order valence-electron chi connectivity index (χ2n) is 5.56. The van der Waals surface area contributed by atoms with Gasteiger partial charge in [0.05, 0.1) is 12.7 Å². The van der Waals surface area contributed by atoms with Crippen LogP contribution in [0.5, 0.6) is 0 Å². The molecular formula is C17H24N2O3. The van der Waals surface area contributed by atoms with Crippen LogP contribution in [0.15, 0.2) is 24.4 Å². The molecule has 1 amide bonds. The fourth-order valence-electron chi connectivity index (χ4n) is 2.56. The van der Waals surface area contributed by atoms with E-state index in [2.05, 4.69) is 29.4 Å². The van der Waals surface area contributed by atoms with Gasteiger partial charge in [-0.05, 0) is 30.9 Å². The topological polar surface area (TPSA) is 74.3 Å². The summed E-state index contributed by atoms with van der Waals surface area (Å²) in [5.41, 5.74) is 3.51. The normalized spacial score (nSPS) is 12.5. The van der Waals surface area contributed by atoms with Gasteiger partial charge in [0.25, 0.3) is 0 Å². The molecule has 22 heavy (non-hydrogen) atoms. The van der Waals surface area contributed by atoms with Crippen LogP contribution in [0.25, 0.3) is 10.9 Å². The predicted octanol–water partition coefficient (Wildman–Crippen LogP) is 1.92. The number of aromatic nitrogens is 1. The third-order valence-electron chi connectivity index (χ3n) is 3.79. The Bertz CT molecular complexity index is 621. The first-order chi connectivity index (χ1) is 10.6. The second kappa shape index (κ2) is 7.96. The number of fused-ring (bicyclic) bond motifs is 1. The Morgan fingerprint density at radius 3 is 3.05 bits per heavy atom. The summed E-state index contributed by atoms with van der Waals surface area (Å²) in [7, 11) is 1.55. The standard InChI is InChI=1S/C17H24N2O3/c1-12-4-3-5-15-13(10-19-17(12)15)6-7-16(21)18-9-8-14(20)11-22-2/h3-5,10,14,19-20H,6-9,11H2,1-2H3,(H,18,21). The Balaban J connectivity index is 1.79. The van der Waals surface area contributed by atoms with Crippen molar-refractivity contribution >= 4 is 16.8 Å². The lowest BCUT2D eigenvalue weighted by Crippen LogP contribution is -2.28. The Morgan fingerprint density at radius 1 is 1.45 bits per heavy atom. The van der Waals surface area contributed by atoms with Crippen LogP contribution in [0.2, 0.25) is 0 Å². The van der Waals surface area contributed by atoms with Gasteiger partial charge in [-0.15, -0.1) is 0 Å². The molecule has 0 fully saturated rings. The number of aliphatic hydroxyl groups is 1. The molecule has 0 radical (unpaired) electrons. The quantitative estimate of drug-likeness (QED) is 0.697. The zero-order valence-electron chi connectivity index (χ0n) is 13.2. The van der Waals surface area contributed by atoms with Crippen molar-refractivity contribution in [1.82, 2.24) is 10.3 Å². The number of methoxy groups -OCH3 is 1. The van der Waals surface area contributed by atoms with Gasteiger partial charge in [0, 0.05) is 37.2 Å². The molecule has 2 aromatic rings. The highest BCUT2D eigenvalue weighted by atomic mass is 16.5. The van der Waals surface area contributed by atoms with Crippen molar-refractivity contribution in [2.75, 3.05) is 20.3 Å². The summed E-state index contributed by atoms with van der Waals surface area (Å²) < 4.78 is 4.84. The third kappa shape index (κ3) is 4.32. The monoisotopic (exact) mass is 304 g/mol. The number of hydrogen-bond donors (Lipinski definition) is 3. The highest BCUT2D eigenvalue weighted by molar-refractivity contribution is 5.86. The number of carbonyl (C=O) groups excluding carboxylic acids is 1. The van der Waals surface area contributed by atoms with E-state index in [-0.39, 0.29) is 5.91 Å². The van der Waals surface area contributed by atoms with Gasteiger partial charge in [0.1, 0.15) is 0 Å². The zero-order chi connectivity index (χ0) is 15.9. The first-order valence-corrected chi connectivity index (χ1v) is 7.61. The van der Waals surface area contributed by atoms with E-state index in [1.54, 1.807) is 7.11 Å². The van der Waals surface area contributed by atoms with Crippen molar-refractivity contribution in [1.29, 1.82) is 0 Å². The average Bonchev–Trinajstić information content (AvgIpc) is 2.90. The highest BCUT2D eigenvalue weighted by Gasteiger charge is 2.09. The molecule has 2 rings (SSSR count). The third-order valence-corrected chi connectivity index (χ3v) is 3.79. The number of rotatable bonds is 8. The van der Waals surface area contributed by atoms with Crippen molar-refractivity contribution in [2.24, 2.45) is 0 Å². The fraction of sp³-hybridized carbons (Fsp3) is 0.471. The zero-order valence-corrected chi connectivity index (χ0v) is 13.2. The van der Waals surface area contributed by atoms with E-state index >= 15 is 0 Å². The van der Waals surface area contributed by atoms with Crippen molar-refractivity contribution in [3.05, 3.63) is 35.5 Å². The van der Waals surface area contributed by atoms with Gasteiger partial charge < -0.3 is 20.1 Å². The number of para-hydroxylation sites is 1. The molecule has 0 aliphatic rings. The number of benzene rings is 1. The number of aryl methyl sites for hydroxylation is 2. The molecule has 0 spiro atoms. The molecule has 120 valence electrons. The molecule has 1 unspecified atom stereocenters. The molecule has 0 saturated carbocycles. The summed E-state index contributed by atoms with van der Waals surface area (Å²) in [4.78, 5) is 15.1. The van der Waals surface area contributed by atoms with Crippen molar-refractivity contribution < 1.29 is 14.6 Å². The number of hydrogen-bond acceptors (Lipinski definition) is 3. The van der Waals surface area contributed by atoms with Crippen LogP contribution in [0.3, 0.4) is 0 Å². The van der Waals surface area contributed by atoms with Crippen LogP contribution < -0.4 is 5.32 Å². The van der Waals surface area contributed by atoms with Crippen LogP contribution in [0.4, 0.5) is 0 Å². The summed E-state index contributed by atoms with van der Waals surface area (Å²) >= 11 is 0. The van der Waals surface area contributed by atoms with E-state index < -0.39 is 6.10 Å². The van der Waals surface area contributed by atoms with Gasteiger partial charge in [-0.3, -0.25) is 4.79 Å². The van der Waals surface area contributed by atoms with Gasteiger partial charge in [-0.2, -0.15) is 0 Å². The van der Waals surface area contributed by atoms with Crippen LogP contribution >= 0.6 is 0 Å². The van der Waals surface area contributed by atoms with E-state index in [1.807, 2.05) is 12.3 Å². The number of aliphatic hydroxyl groups excluding tert-OH is 1. The predicted molar refractivity (Wildman–Crippen MR) is 86.9 cm³/mol. The summed E-state index contributed by atoms with van der Waals surface area (Å²) in [6.45, 7) is 2.83. The number of H-pyrrole nitrogens is 1. The van der Waals surface area contributed by atoms with Gasteiger partial charge in [-0.25, -0.2) is 0 Å². The van der Waals surface area contributed by atoms with Crippen molar-refractivity contribution in [3.8, 4) is 0 Å². The molecule has 5 nitrogen and oxygen atoms in total. The number of amides is 1. The van der Waals surface area contributed by atoms with E-state index in [0.717, 1.165) is 11.1 Å². The fourth-order valence-corrected chi connectivity index (χ4v) is 2.56. The first-order valence-electron chi connectivity index (χ1n) is 7.61. The van der Waals surface area contributed by atoms with Crippen LogP contribution in [-0.4, -0.2) is 42.4 Å². The lowest BCUT2D eigenvalue weighted by molar-refractivity contribution is -0.121. The SMILES string of the molecule is COCC(O)CCNC(=O)CCc1c[nH]c2c(C)cccc12. The Kier molecular flexibility index (Phi) is 5.98. The number of carbonyl (C=O) groups is 1. The molecule has 1 aromatic carbocycles. The number of ether oxygens (including phenoxy) is 1. The summed E-state index contributed by atoms with van der Waals surface area (Å²) in [6.07, 6.45) is 3.11. The number of nitrogens with one attached hydrogen (secondary N) is 2. The van der Waals surface area contributed by atoms with Gasteiger partial charge >= 0.3 is 0 Å². The molecule has 5 heteroatoms. The molecule has 0 aliphatic heterocycles. The Hall–Kier alpha value is -1.85. The smallest absolute Gasteiger partial charge is 0.220 e. The van der Waals surface area contributed by atoms with Crippen LogP contribution in [0.1, 0.15) is 24.0 Å². The van der Waals surface area contributed by atoms with Crippen molar-refractivity contribution in [3.63, 3.8) is 0 Å². The molecule has 1 aromatic heterocycles. The van der Waals surface area contributed by atoms with Gasteiger partial charge in [-0.1, -0.05) is 18.2 Å². The largest absolute Gasteiger partial charge is 0.391 e. The molecule has 0 bridgehead atoms. The van der Waals surface area contributed by atoms with Crippen LogP contribution in [0, 0.1) is 6.92 Å². The van der Waals surface area contributed by atoms with E-state index in [4.69, 9.17) is 4.74 Å². The summed E-state index contributed by atoms with van der Waals surface area (Å²) in [5.74, 6) is 0.00613. The minimum Gasteiger partial charge on any atom is -0.391 e. The maximum absolute atomic E-state index is 11.8. The Labute approximate surface area is 130 Å². The molecule has 0 saturated heterocycles. The molecule has 1 atom stereocenters. The van der Waals surface area contributed by atoms with Crippen LogP contribution in [-0.2, 0) is 16.0 Å². The average molecular weight is 304 g/mol. The molecule has 1 heterocycles. The Morgan fingerprint density at radius 2 is 2.27 bits per heavy atom. The lowest BCUT2D eigenvalue weighted by atomic mass is 10.1. The maximum Gasteiger partial charge on any atom is 0.220 e. The van der Waals surface area contributed by atoms with E-state index in [9.17, 15) is 9.90 Å². The molecule has 0 aliphatic carbocycles. The minimum absolute atomic E-state index is 0.00613. The minimum atomic E-state index is -0.526. The summed E-state index contributed by atoms with van der Waals surface area (Å²) in [5, 5.41) is 13.5. The van der Waals surface area contributed by atoms with E-state index in [0.29, 0.717) is 32.4 Å². The molecular weight excluding hydrogens is 280 g/mol. The van der Waals surface area contributed by atoms with Gasteiger partial charge in [0.2, 0.25) is 5.91 Å². The van der Waals surface area contributed by atoms with Crippen molar-refractivity contribution in [2.45, 2.75) is 32.3 Å². The van der Waals surface area contributed by atoms with E-state index in [1.165, 1.54) is 10.9 Å². The second-order valence-corrected chi connectivity index (χ2v) is 5.56. The first kappa shape index (κ1) is 16.5. The number of aromatic amines is 1. The van der Waals surface area contributed by atoms with Gasteiger partial charge in [0.15, 0.2) is 0 Å². The highest BCUT2D eigenvalue weighted by Crippen LogP contribution is 2.22. The lowest BCUT2D eigenvalue weighted by Gasteiger charge is -2.10. The maximum atomic E-state index is 11.8. The molecule has 3 N–H and O–H groups in total. The summed E-state index contributed by atoms with van der Waals surface area (Å²) in [6, 6.07) is 6.18.